The van der Waals surface area contributed by atoms with Gasteiger partial charge in [0.1, 0.15) is 12.4 Å². The summed E-state index contributed by atoms with van der Waals surface area (Å²) >= 11 is 0. The van der Waals surface area contributed by atoms with Crippen molar-refractivity contribution in [3.8, 4) is 5.75 Å². The number of nitrogens with one attached hydrogen (secondary N) is 1. The Kier molecular flexibility index (Phi) is 4.70. The highest BCUT2D eigenvalue weighted by atomic mass is 16.6. The number of non-ortho nitro benzene ring substituents is 1. The van der Waals surface area contributed by atoms with Crippen LogP contribution in [0.4, 0.5) is 5.69 Å². The van der Waals surface area contributed by atoms with Gasteiger partial charge in [-0.3, -0.25) is 20.3 Å². The molecule has 0 aliphatic heterocycles. The zero-order chi connectivity index (χ0) is 16.1. The Morgan fingerprint density at radius 3 is 2.68 bits per heavy atom. The lowest BCUT2D eigenvalue weighted by Gasteiger charge is -2.12. The Balaban J connectivity index is 2.28. The zero-order valence-electron chi connectivity index (χ0n) is 11.9. The second-order valence-electron chi connectivity index (χ2n) is 4.63. The van der Waals surface area contributed by atoms with Gasteiger partial charge in [0.2, 0.25) is 0 Å². The summed E-state index contributed by atoms with van der Waals surface area (Å²) < 4.78 is 5.62. The first-order valence-corrected chi connectivity index (χ1v) is 6.49. The molecule has 0 bridgehead atoms. The smallest absolute Gasteiger partial charge is 0.270 e. The molecule has 114 valence electrons. The molecule has 2 aromatic rings. The molecule has 2 rings (SSSR count). The van der Waals surface area contributed by atoms with Crippen LogP contribution < -0.4 is 16.0 Å². The Bertz CT molecular complexity index is 716. The summed E-state index contributed by atoms with van der Waals surface area (Å²) in [5.74, 6) is 4.69. The van der Waals surface area contributed by atoms with E-state index in [0.717, 1.165) is 17.2 Å². The van der Waals surface area contributed by atoms with E-state index in [-0.39, 0.29) is 23.6 Å². The van der Waals surface area contributed by atoms with Crippen LogP contribution in [-0.4, -0.2) is 10.8 Å². The number of hydrogen-bond acceptors (Lipinski definition) is 5. The minimum Gasteiger partial charge on any atom is -0.488 e. The molecule has 0 saturated heterocycles. The number of nitrogens with two attached hydrogens (primary N) is 1. The molecule has 0 unspecified atom stereocenters. The first-order chi connectivity index (χ1) is 10.5. The van der Waals surface area contributed by atoms with Crippen LogP contribution in [-0.2, 0) is 6.61 Å². The molecule has 0 fully saturated rings. The van der Waals surface area contributed by atoms with Gasteiger partial charge in [0.05, 0.1) is 10.5 Å². The summed E-state index contributed by atoms with van der Waals surface area (Å²) in [6.45, 7) is 2.19. The first kappa shape index (κ1) is 15.5. The maximum atomic E-state index is 11.7. The third-order valence-electron chi connectivity index (χ3n) is 3.19. The van der Waals surface area contributed by atoms with E-state index in [9.17, 15) is 14.9 Å². The molecule has 0 aliphatic rings. The fraction of sp³-hybridized carbons (Fsp3) is 0.133. The molecule has 0 atom stereocenters. The minimum atomic E-state index is -0.650. The van der Waals surface area contributed by atoms with E-state index in [0.29, 0.717) is 0 Å². The number of hydrazine groups is 1. The lowest BCUT2D eigenvalue weighted by molar-refractivity contribution is -0.384. The van der Waals surface area contributed by atoms with Crippen molar-refractivity contribution in [1.82, 2.24) is 5.43 Å². The Morgan fingerprint density at radius 1 is 1.32 bits per heavy atom. The zero-order valence-corrected chi connectivity index (χ0v) is 11.9. The number of carbonyl (C=O) groups is 1. The average Bonchev–Trinajstić information content (AvgIpc) is 2.53. The molecule has 0 radical (unpaired) electrons. The molecule has 0 heterocycles. The van der Waals surface area contributed by atoms with E-state index < -0.39 is 10.8 Å². The predicted octanol–water partition coefficient (Wildman–Crippen LogP) is 2.09. The van der Waals surface area contributed by atoms with E-state index in [1.54, 1.807) is 0 Å². The fourth-order valence-electron chi connectivity index (χ4n) is 1.94. The Hall–Kier alpha value is -2.93. The molecule has 7 heteroatoms. The summed E-state index contributed by atoms with van der Waals surface area (Å²) in [6.07, 6.45) is 0. The number of aryl methyl sites for hydroxylation is 1. The van der Waals surface area contributed by atoms with E-state index in [4.69, 9.17) is 10.6 Å². The van der Waals surface area contributed by atoms with Crippen LogP contribution in [0, 0.1) is 17.0 Å². The molecule has 3 N–H and O–H groups in total. The van der Waals surface area contributed by atoms with Gasteiger partial charge in [0.15, 0.2) is 0 Å². The Morgan fingerprint density at radius 2 is 2.05 bits per heavy atom. The summed E-state index contributed by atoms with van der Waals surface area (Å²) in [5.41, 5.74) is 3.78. The van der Waals surface area contributed by atoms with E-state index in [2.05, 4.69) is 0 Å². The lowest BCUT2D eigenvalue weighted by Crippen LogP contribution is -2.30. The largest absolute Gasteiger partial charge is 0.488 e. The number of ether oxygens (including phenoxy) is 1. The van der Waals surface area contributed by atoms with Crippen LogP contribution in [0.2, 0.25) is 0 Å². The number of amides is 1. The second kappa shape index (κ2) is 6.68. The lowest BCUT2D eigenvalue weighted by atomic mass is 10.1. The molecular formula is C15H15N3O4. The number of hydrogen-bond donors (Lipinski definition) is 2. The summed E-state index contributed by atoms with van der Waals surface area (Å²) in [5, 5.41) is 10.8. The highest BCUT2D eigenvalue weighted by Gasteiger charge is 2.17. The number of rotatable bonds is 5. The van der Waals surface area contributed by atoms with Gasteiger partial charge >= 0.3 is 0 Å². The topological polar surface area (TPSA) is 107 Å². The van der Waals surface area contributed by atoms with Crippen molar-refractivity contribution in [2.24, 2.45) is 5.84 Å². The predicted molar refractivity (Wildman–Crippen MR) is 80.3 cm³/mol. The number of carbonyl (C=O) groups excluding carboxylic acids is 1. The van der Waals surface area contributed by atoms with Crippen molar-refractivity contribution >= 4 is 11.6 Å². The van der Waals surface area contributed by atoms with Gasteiger partial charge in [-0.05, 0) is 24.1 Å². The maximum Gasteiger partial charge on any atom is 0.270 e. The number of nitrogens with zero attached hydrogens (tertiary/aromatic N) is 1. The van der Waals surface area contributed by atoms with Gasteiger partial charge in [-0.15, -0.1) is 0 Å². The third-order valence-corrected chi connectivity index (χ3v) is 3.19. The molecule has 2 aromatic carbocycles. The Labute approximate surface area is 126 Å². The second-order valence-corrected chi connectivity index (χ2v) is 4.63. The summed E-state index contributed by atoms with van der Waals surface area (Å²) in [7, 11) is 0. The monoisotopic (exact) mass is 301 g/mol. The molecule has 0 aliphatic carbocycles. The van der Waals surface area contributed by atoms with Crippen molar-refractivity contribution in [3.63, 3.8) is 0 Å². The van der Waals surface area contributed by atoms with Gasteiger partial charge in [-0.1, -0.05) is 24.3 Å². The van der Waals surface area contributed by atoms with Gasteiger partial charge in [-0.2, -0.15) is 0 Å². The van der Waals surface area contributed by atoms with E-state index in [1.165, 1.54) is 12.1 Å². The van der Waals surface area contributed by atoms with E-state index in [1.807, 2.05) is 36.6 Å². The summed E-state index contributed by atoms with van der Waals surface area (Å²) in [6, 6.07) is 11.5. The van der Waals surface area contributed by atoms with Crippen LogP contribution >= 0.6 is 0 Å². The van der Waals surface area contributed by atoms with Crippen LogP contribution in [0.15, 0.2) is 42.5 Å². The van der Waals surface area contributed by atoms with Crippen molar-refractivity contribution < 1.29 is 14.5 Å². The van der Waals surface area contributed by atoms with Gasteiger partial charge in [-0.25, -0.2) is 5.84 Å². The highest BCUT2D eigenvalue weighted by Crippen LogP contribution is 2.25. The molecule has 7 nitrogen and oxygen atoms in total. The number of nitro groups is 1. The normalized spacial score (nSPS) is 10.1. The average molecular weight is 301 g/mol. The third kappa shape index (κ3) is 3.39. The highest BCUT2D eigenvalue weighted by molar-refractivity contribution is 5.97. The van der Waals surface area contributed by atoms with Crippen molar-refractivity contribution in [1.29, 1.82) is 0 Å². The standard InChI is InChI=1S/C15H15N3O4/c1-10-4-2-3-5-11(10)9-22-14-7-6-12(18(20)21)8-13(14)15(19)17-16/h2-8H,9,16H2,1H3,(H,17,19). The van der Waals surface area contributed by atoms with Crippen LogP contribution in [0.5, 0.6) is 5.75 Å². The van der Waals surface area contributed by atoms with Gasteiger partial charge in [0, 0.05) is 12.1 Å². The molecule has 0 saturated carbocycles. The minimum absolute atomic E-state index is 0.0188. The maximum absolute atomic E-state index is 11.7. The van der Waals surface area contributed by atoms with Gasteiger partial charge < -0.3 is 4.74 Å². The number of benzene rings is 2. The van der Waals surface area contributed by atoms with Crippen molar-refractivity contribution in [3.05, 3.63) is 69.3 Å². The van der Waals surface area contributed by atoms with Gasteiger partial charge in [0.25, 0.3) is 11.6 Å². The molecular weight excluding hydrogens is 286 g/mol. The number of nitrogen functional groups attached to an aromatic ring is 1. The molecule has 0 spiro atoms. The summed E-state index contributed by atoms with van der Waals surface area (Å²) in [4.78, 5) is 22.0. The fourth-order valence-corrected chi connectivity index (χ4v) is 1.94. The molecule has 1 amide bonds. The van der Waals surface area contributed by atoms with E-state index >= 15 is 0 Å². The van der Waals surface area contributed by atoms with Crippen molar-refractivity contribution in [2.45, 2.75) is 13.5 Å². The van der Waals surface area contributed by atoms with Crippen LogP contribution in [0.1, 0.15) is 21.5 Å². The van der Waals surface area contributed by atoms with Crippen LogP contribution in [0.25, 0.3) is 0 Å². The van der Waals surface area contributed by atoms with Crippen LogP contribution in [0.3, 0.4) is 0 Å². The van der Waals surface area contributed by atoms with Crippen molar-refractivity contribution in [2.75, 3.05) is 0 Å². The SMILES string of the molecule is Cc1ccccc1COc1ccc([N+](=O)[O-])cc1C(=O)NN. The molecule has 0 aromatic heterocycles. The quantitative estimate of drug-likeness (QED) is 0.380. The molecule has 22 heavy (non-hydrogen) atoms. The number of nitro benzene ring substituents is 1. The first-order valence-electron chi connectivity index (χ1n) is 6.49.